The van der Waals surface area contributed by atoms with Gasteiger partial charge in [-0.25, -0.2) is 15.0 Å². The second kappa shape index (κ2) is 11.2. The number of imidazole rings is 1. The molecule has 0 saturated carbocycles. The highest BCUT2D eigenvalue weighted by molar-refractivity contribution is 6.27. The van der Waals surface area contributed by atoms with Crippen molar-refractivity contribution in [2.24, 2.45) is 0 Å². The van der Waals surface area contributed by atoms with Crippen LogP contribution in [0.1, 0.15) is 0 Å². The zero-order valence-electron chi connectivity index (χ0n) is 28.0. The predicted molar refractivity (Wildman–Crippen MR) is 214 cm³/mol. The number of hydrogen-bond donors (Lipinski definition) is 0. The van der Waals surface area contributed by atoms with Gasteiger partial charge in [0.25, 0.3) is 0 Å². The minimum Gasteiger partial charge on any atom is -0.292 e. The number of fused-ring (bicyclic) bond motifs is 10. The molecule has 8 aromatic carbocycles. The maximum Gasteiger partial charge on any atom is 0.235 e. The highest BCUT2D eigenvalue weighted by Gasteiger charge is 2.21. The summed E-state index contributed by atoms with van der Waals surface area (Å²) in [5.41, 5.74) is 9.29. The van der Waals surface area contributed by atoms with E-state index in [0.29, 0.717) is 5.95 Å². The highest BCUT2D eigenvalue weighted by atomic mass is 15.2. The Morgan fingerprint density at radius 1 is 0.346 bits per heavy atom. The van der Waals surface area contributed by atoms with Crippen LogP contribution >= 0.6 is 0 Å². The highest BCUT2D eigenvalue weighted by Crippen LogP contribution is 2.41. The van der Waals surface area contributed by atoms with Gasteiger partial charge in [-0.1, -0.05) is 140 Å². The van der Waals surface area contributed by atoms with Crippen LogP contribution in [0.15, 0.2) is 176 Å². The number of hydrogen-bond acceptors (Lipinski definition) is 3. The summed E-state index contributed by atoms with van der Waals surface area (Å²) in [4.78, 5) is 15.8. The van der Waals surface area contributed by atoms with E-state index >= 15 is 0 Å². The summed E-state index contributed by atoms with van der Waals surface area (Å²) >= 11 is 0. The molecule has 0 unspecified atom stereocenters. The minimum atomic E-state index is 0.658. The lowest BCUT2D eigenvalue weighted by molar-refractivity contribution is 1.01. The molecule has 0 aliphatic carbocycles. The molecule has 3 aromatic heterocycles. The van der Waals surface area contributed by atoms with E-state index in [2.05, 4.69) is 167 Å². The third kappa shape index (κ3) is 4.20. The van der Waals surface area contributed by atoms with E-state index in [-0.39, 0.29) is 0 Å². The zero-order chi connectivity index (χ0) is 34.2. The lowest BCUT2D eigenvalue weighted by Gasteiger charge is -2.12. The molecule has 0 fully saturated rings. The molecule has 52 heavy (non-hydrogen) atoms. The van der Waals surface area contributed by atoms with Gasteiger partial charge < -0.3 is 0 Å². The van der Waals surface area contributed by atoms with Crippen molar-refractivity contribution in [2.45, 2.75) is 0 Å². The van der Waals surface area contributed by atoms with Crippen LogP contribution in [0.2, 0.25) is 0 Å². The van der Waals surface area contributed by atoms with Gasteiger partial charge in [0.2, 0.25) is 5.95 Å². The standard InChI is InChI=1S/C47H29N5/c1-4-14-30(15-5-1)44-37-20-10-12-22-39(37)48-47(50-44)52-40-23-13-11-21-38(40)43-35-24-25-36-34(33(35)26-28-41(43)52)27-29-42-45(36)49-46(31-16-6-2-7-17-31)51(42)32-18-8-3-9-19-32/h1-29H. The average Bonchev–Trinajstić information content (AvgIpc) is 3.78. The summed E-state index contributed by atoms with van der Waals surface area (Å²) in [6.45, 7) is 0. The Bertz CT molecular complexity index is 3160. The summed E-state index contributed by atoms with van der Waals surface area (Å²) in [6, 6.07) is 61.7. The fourth-order valence-electron chi connectivity index (χ4n) is 8.05. The number of aromatic nitrogens is 5. The van der Waals surface area contributed by atoms with Gasteiger partial charge in [-0.15, -0.1) is 0 Å². The summed E-state index contributed by atoms with van der Waals surface area (Å²) < 4.78 is 4.50. The molecule has 0 radical (unpaired) electrons. The van der Waals surface area contributed by atoms with E-state index in [4.69, 9.17) is 15.0 Å². The minimum absolute atomic E-state index is 0.658. The summed E-state index contributed by atoms with van der Waals surface area (Å²) in [7, 11) is 0. The SMILES string of the molecule is c1ccc(-c2nc(-n3c4ccccc4c4c5ccc6c(ccc7c6nc(-c6ccccc6)n7-c6ccccc6)c5ccc43)nc3ccccc23)cc1. The lowest BCUT2D eigenvalue weighted by atomic mass is 9.97. The van der Waals surface area contributed by atoms with Crippen LogP contribution in [0.3, 0.4) is 0 Å². The van der Waals surface area contributed by atoms with Crippen molar-refractivity contribution in [1.82, 2.24) is 24.1 Å². The zero-order valence-corrected chi connectivity index (χ0v) is 28.0. The largest absolute Gasteiger partial charge is 0.292 e. The first-order chi connectivity index (χ1) is 25.8. The Hall–Kier alpha value is -7.11. The van der Waals surface area contributed by atoms with Crippen LogP contribution in [0, 0.1) is 0 Å². The van der Waals surface area contributed by atoms with E-state index in [9.17, 15) is 0 Å². The van der Waals surface area contributed by atoms with Gasteiger partial charge in [-0.2, -0.15) is 0 Å². The van der Waals surface area contributed by atoms with Gasteiger partial charge in [-0.05, 0) is 52.6 Å². The van der Waals surface area contributed by atoms with Crippen LogP contribution in [0.4, 0.5) is 0 Å². The van der Waals surface area contributed by atoms with Gasteiger partial charge in [-0.3, -0.25) is 9.13 Å². The molecule has 5 nitrogen and oxygen atoms in total. The van der Waals surface area contributed by atoms with E-state index in [1.807, 2.05) is 18.2 Å². The molecule has 0 N–H and O–H groups in total. The van der Waals surface area contributed by atoms with Gasteiger partial charge in [0.1, 0.15) is 5.82 Å². The molecule has 11 rings (SSSR count). The second-order valence-corrected chi connectivity index (χ2v) is 13.2. The van der Waals surface area contributed by atoms with E-state index in [0.717, 1.165) is 66.7 Å². The van der Waals surface area contributed by atoms with Crippen molar-refractivity contribution in [3.8, 4) is 34.3 Å². The molecule has 0 aliphatic heterocycles. The topological polar surface area (TPSA) is 48.5 Å². The Labute approximate surface area is 298 Å². The third-order valence-electron chi connectivity index (χ3n) is 10.3. The maximum atomic E-state index is 5.35. The summed E-state index contributed by atoms with van der Waals surface area (Å²) in [5.74, 6) is 1.59. The number of nitrogens with zero attached hydrogens (tertiary/aromatic N) is 5. The first-order valence-electron chi connectivity index (χ1n) is 17.6. The van der Waals surface area contributed by atoms with Crippen molar-refractivity contribution in [3.05, 3.63) is 176 Å². The van der Waals surface area contributed by atoms with E-state index < -0.39 is 0 Å². The predicted octanol–water partition coefficient (Wildman–Crippen LogP) is 11.7. The molecule has 11 aromatic rings. The van der Waals surface area contributed by atoms with Crippen molar-refractivity contribution in [1.29, 1.82) is 0 Å². The van der Waals surface area contributed by atoms with Crippen molar-refractivity contribution in [2.75, 3.05) is 0 Å². The molecule has 0 spiro atoms. The Morgan fingerprint density at radius 2 is 0.942 bits per heavy atom. The first-order valence-corrected chi connectivity index (χ1v) is 17.6. The van der Waals surface area contributed by atoms with Gasteiger partial charge in [0.05, 0.1) is 33.3 Å². The van der Waals surface area contributed by atoms with Gasteiger partial charge in [0, 0.05) is 38.4 Å². The Kier molecular flexibility index (Phi) is 6.18. The van der Waals surface area contributed by atoms with Crippen LogP contribution in [0.5, 0.6) is 0 Å². The fourth-order valence-corrected chi connectivity index (χ4v) is 8.05. The fraction of sp³-hybridized carbons (Fsp3) is 0. The van der Waals surface area contributed by atoms with Crippen molar-refractivity contribution in [3.63, 3.8) is 0 Å². The van der Waals surface area contributed by atoms with Crippen LogP contribution in [-0.4, -0.2) is 24.1 Å². The monoisotopic (exact) mass is 663 g/mol. The second-order valence-electron chi connectivity index (χ2n) is 13.2. The normalized spacial score (nSPS) is 11.8. The molecule has 0 amide bonds. The molecule has 0 bridgehead atoms. The van der Waals surface area contributed by atoms with Gasteiger partial charge in [0.15, 0.2) is 0 Å². The van der Waals surface area contributed by atoms with Crippen LogP contribution in [0.25, 0.3) is 99.6 Å². The Morgan fingerprint density at radius 3 is 1.73 bits per heavy atom. The Balaban J connectivity index is 1.19. The van der Waals surface area contributed by atoms with Crippen LogP contribution < -0.4 is 0 Å². The number of rotatable bonds is 4. The van der Waals surface area contributed by atoms with Crippen LogP contribution in [-0.2, 0) is 0 Å². The van der Waals surface area contributed by atoms with Crippen molar-refractivity contribution >= 4 is 65.3 Å². The smallest absolute Gasteiger partial charge is 0.235 e. The molecule has 5 heteroatoms. The van der Waals surface area contributed by atoms with E-state index in [1.54, 1.807) is 0 Å². The molecule has 0 aliphatic rings. The molecule has 0 atom stereocenters. The summed E-state index contributed by atoms with van der Waals surface area (Å²) in [5, 5.41) is 8.07. The molecular weight excluding hydrogens is 635 g/mol. The third-order valence-corrected chi connectivity index (χ3v) is 10.3. The summed E-state index contributed by atoms with van der Waals surface area (Å²) in [6.07, 6.45) is 0. The average molecular weight is 664 g/mol. The number of benzene rings is 8. The molecule has 3 heterocycles. The van der Waals surface area contributed by atoms with Crippen molar-refractivity contribution < 1.29 is 0 Å². The number of para-hydroxylation sites is 3. The first kappa shape index (κ1) is 28.7. The van der Waals surface area contributed by atoms with Gasteiger partial charge >= 0.3 is 0 Å². The lowest BCUT2D eigenvalue weighted by Crippen LogP contribution is -2.03. The molecule has 242 valence electrons. The quantitative estimate of drug-likeness (QED) is 0.176. The molecule has 0 saturated heterocycles. The van der Waals surface area contributed by atoms with E-state index in [1.165, 1.54) is 26.9 Å². The molecular formula is C47H29N5. The maximum absolute atomic E-state index is 5.35.